The van der Waals surface area contributed by atoms with Gasteiger partial charge >= 0.3 is 0 Å². The Kier molecular flexibility index (Phi) is 8.44. The Labute approximate surface area is 218 Å². The highest BCUT2D eigenvalue weighted by Gasteiger charge is 2.39. The molecular formula is C28H38FN5O3. The molecule has 2 atom stereocenters. The van der Waals surface area contributed by atoms with Gasteiger partial charge in [0.2, 0.25) is 5.91 Å². The number of piperazine rings is 1. The van der Waals surface area contributed by atoms with Gasteiger partial charge in [-0.3, -0.25) is 19.5 Å². The van der Waals surface area contributed by atoms with Crippen LogP contribution in [0.15, 0.2) is 47.4 Å². The van der Waals surface area contributed by atoms with Crippen LogP contribution in [0, 0.1) is 5.92 Å². The van der Waals surface area contributed by atoms with Gasteiger partial charge in [-0.2, -0.15) is 0 Å². The van der Waals surface area contributed by atoms with E-state index >= 15 is 0 Å². The molecule has 0 bridgehead atoms. The van der Waals surface area contributed by atoms with E-state index in [1.165, 1.54) is 16.2 Å². The second-order valence-corrected chi connectivity index (χ2v) is 10.1. The van der Waals surface area contributed by atoms with Crippen molar-refractivity contribution in [3.63, 3.8) is 0 Å². The Morgan fingerprint density at radius 2 is 2.05 bits per heavy atom. The van der Waals surface area contributed by atoms with Crippen molar-refractivity contribution in [3.05, 3.63) is 47.9 Å². The Hall–Kier alpha value is -3.04. The first-order valence-electron chi connectivity index (χ1n) is 13.0. The van der Waals surface area contributed by atoms with Crippen molar-refractivity contribution in [2.24, 2.45) is 10.9 Å². The molecule has 8 nitrogen and oxygen atoms in total. The van der Waals surface area contributed by atoms with Crippen LogP contribution in [0.3, 0.4) is 0 Å². The number of halogens is 1. The van der Waals surface area contributed by atoms with E-state index < -0.39 is 11.7 Å². The number of hydrogen-bond donors (Lipinski definition) is 1. The first kappa shape index (κ1) is 27.0. The largest absolute Gasteiger partial charge is 0.384 e. The SMILES string of the molecule is C=C(F)C(=O)N(C)c1cccc(C2=C(C3CC3)NC(N3CCN(C(=O)CCOC)C(C)C3)C(=NC)C2)c1. The fourth-order valence-corrected chi connectivity index (χ4v) is 5.31. The molecule has 1 aromatic rings. The van der Waals surface area contributed by atoms with Gasteiger partial charge in [-0.15, -0.1) is 0 Å². The van der Waals surface area contributed by atoms with Crippen LogP contribution < -0.4 is 10.2 Å². The number of amides is 2. The maximum atomic E-state index is 13.5. The third kappa shape index (κ3) is 5.93. The zero-order valence-corrected chi connectivity index (χ0v) is 22.3. The summed E-state index contributed by atoms with van der Waals surface area (Å²) in [6.07, 6.45) is 3.34. The standard InChI is InChI=1S/C28H38FN5O3/c1-18-17-33(12-13-34(18)25(35)11-14-37-5)27-24(30-3)16-23(26(31-27)20-9-10-20)21-7-6-8-22(15-21)32(4)28(36)19(2)29/h6-8,15,18,20,27,31H,2,9-14,16-17H2,1,3-5H3. The number of hydrogen-bond acceptors (Lipinski definition) is 6. The first-order valence-corrected chi connectivity index (χ1v) is 13.0. The molecule has 1 N–H and O–H groups in total. The number of anilines is 1. The summed E-state index contributed by atoms with van der Waals surface area (Å²) in [5.41, 5.74) is 5.05. The number of allylic oxidation sites excluding steroid dienone is 2. The maximum Gasteiger partial charge on any atom is 0.286 e. The summed E-state index contributed by atoms with van der Waals surface area (Å²) in [6, 6.07) is 7.75. The molecule has 1 aliphatic carbocycles. The molecule has 2 amide bonds. The molecule has 1 aromatic carbocycles. The average molecular weight is 512 g/mol. The maximum absolute atomic E-state index is 13.5. The number of nitrogens with zero attached hydrogens (tertiary/aromatic N) is 4. The van der Waals surface area contributed by atoms with Gasteiger partial charge in [-0.1, -0.05) is 18.7 Å². The van der Waals surface area contributed by atoms with Gasteiger partial charge in [0, 0.05) is 64.7 Å². The third-order valence-electron chi connectivity index (χ3n) is 7.55. The number of carbonyl (C=O) groups is 2. The molecule has 37 heavy (non-hydrogen) atoms. The number of likely N-dealkylation sites (N-methyl/N-ethyl adjacent to an activating group) is 1. The van der Waals surface area contributed by atoms with E-state index in [1.807, 2.05) is 30.1 Å². The molecule has 0 aromatic heterocycles. The Morgan fingerprint density at radius 3 is 2.68 bits per heavy atom. The second kappa shape index (κ2) is 11.6. The number of benzene rings is 1. The summed E-state index contributed by atoms with van der Waals surface area (Å²) in [5, 5.41) is 3.82. The summed E-state index contributed by atoms with van der Waals surface area (Å²) >= 11 is 0. The van der Waals surface area contributed by atoms with Gasteiger partial charge < -0.3 is 19.9 Å². The van der Waals surface area contributed by atoms with Crippen molar-refractivity contribution >= 4 is 28.8 Å². The minimum atomic E-state index is -0.983. The monoisotopic (exact) mass is 511 g/mol. The highest BCUT2D eigenvalue weighted by atomic mass is 19.1. The summed E-state index contributed by atoms with van der Waals surface area (Å²) in [4.78, 5) is 35.1. The van der Waals surface area contributed by atoms with E-state index in [-0.39, 0.29) is 18.1 Å². The van der Waals surface area contributed by atoms with E-state index in [1.54, 1.807) is 20.2 Å². The zero-order valence-electron chi connectivity index (χ0n) is 22.3. The predicted octanol–water partition coefficient (Wildman–Crippen LogP) is 3.21. The smallest absolute Gasteiger partial charge is 0.286 e. The third-order valence-corrected chi connectivity index (χ3v) is 7.55. The molecule has 0 spiro atoms. The number of methoxy groups -OCH3 is 1. The van der Waals surface area contributed by atoms with Gasteiger partial charge in [-0.05, 0) is 49.0 Å². The van der Waals surface area contributed by atoms with Gasteiger partial charge in [-0.25, -0.2) is 4.39 Å². The number of aliphatic imine (C=N–C) groups is 1. The van der Waals surface area contributed by atoms with Crippen LogP contribution in [-0.4, -0.2) is 87.0 Å². The Bertz CT molecular complexity index is 1110. The van der Waals surface area contributed by atoms with E-state index in [9.17, 15) is 14.0 Å². The summed E-state index contributed by atoms with van der Waals surface area (Å²) in [7, 11) is 4.99. The van der Waals surface area contributed by atoms with E-state index in [4.69, 9.17) is 4.74 Å². The Balaban J connectivity index is 1.57. The number of ether oxygens (including phenoxy) is 1. The number of nitrogens with one attached hydrogen (secondary N) is 1. The molecule has 3 aliphatic rings. The van der Waals surface area contributed by atoms with E-state index in [0.29, 0.717) is 37.6 Å². The fraction of sp³-hybridized carbons (Fsp3) is 0.536. The molecule has 2 fully saturated rings. The van der Waals surface area contributed by atoms with Crippen LogP contribution in [0.2, 0.25) is 0 Å². The first-order chi connectivity index (χ1) is 17.7. The van der Waals surface area contributed by atoms with E-state index in [0.717, 1.165) is 37.2 Å². The average Bonchev–Trinajstić information content (AvgIpc) is 3.75. The van der Waals surface area contributed by atoms with Crippen LogP contribution >= 0.6 is 0 Å². The second-order valence-electron chi connectivity index (χ2n) is 10.1. The lowest BCUT2D eigenvalue weighted by atomic mass is 9.90. The summed E-state index contributed by atoms with van der Waals surface area (Å²) in [5.74, 6) is -1.13. The van der Waals surface area contributed by atoms with Gasteiger partial charge in [0.25, 0.3) is 5.91 Å². The topological polar surface area (TPSA) is 77.5 Å². The molecule has 4 rings (SSSR count). The summed E-state index contributed by atoms with van der Waals surface area (Å²) in [6.45, 7) is 7.88. The zero-order chi connectivity index (χ0) is 26.7. The van der Waals surface area contributed by atoms with Crippen LogP contribution in [0.1, 0.15) is 38.2 Å². The fourth-order valence-electron chi connectivity index (χ4n) is 5.31. The summed E-state index contributed by atoms with van der Waals surface area (Å²) < 4.78 is 18.6. The number of carbonyl (C=O) groups excluding carboxylic acids is 2. The molecule has 0 radical (unpaired) electrons. The normalized spacial score (nSPS) is 23.7. The molecular weight excluding hydrogens is 473 g/mol. The van der Waals surface area contributed by atoms with Gasteiger partial charge in [0.15, 0.2) is 5.83 Å². The van der Waals surface area contributed by atoms with Crippen LogP contribution in [0.4, 0.5) is 10.1 Å². The van der Waals surface area contributed by atoms with Crippen molar-refractivity contribution < 1.29 is 18.7 Å². The lowest BCUT2D eigenvalue weighted by molar-refractivity contribution is -0.136. The van der Waals surface area contributed by atoms with Gasteiger partial charge in [0.1, 0.15) is 6.17 Å². The molecule has 2 unspecified atom stereocenters. The van der Waals surface area contributed by atoms with Crippen molar-refractivity contribution in [1.82, 2.24) is 15.1 Å². The van der Waals surface area contributed by atoms with E-state index in [2.05, 4.69) is 28.7 Å². The number of rotatable bonds is 8. The molecule has 1 saturated heterocycles. The van der Waals surface area contributed by atoms with Crippen LogP contribution in [0.5, 0.6) is 0 Å². The van der Waals surface area contributed by atoms with Crippen molar-refractivity contribution in [3.8, 4) is 0 Å². The molecule has 2 aliphatic heterocycles. The van der Waals surface area contributed by atoms with Gasteiger partial charge in [0.05, 0.1) is 18.7 Å². The highest BCUT2D eigenvalue weighted by Crippen LogP contribution is 2.43. The molecule has 2 heterocycles. The minimum Gasteiger partial charge on any atom is -0.384 e. The quantitative estimate of drug-likeness (QED) is 0.543. The lowest BCUT2D eigenvalue weighted by Gasteiger charge is -2.45. The lowest BCUT2D eigenvalue weighted by Crippen LogP contribution is -2.62. The van der Waals surface area contributed by atoms with Crippen molar-refractivity contribution in [2.75, 3.05) is 52.3 Å². The molecule has 9 heteroatoms. The Morgan fingerprint density at radius 1 is 1.30 bits per heavy atom. The molecule has 200 valence electrons. The van der Waals surface area contributed by atoms with Crippen molar-refractivity contribution in [1.29, 1.82) is 0 Å². The predicted molar refractivity (Wildman–Crippen MR) is 144 cm³/mol. The highest BCUT2D eigenvalue weighted by molar-refractivity contribution is 6.04. The van der Waals surface area contributed by atoms with Crippen LogP contribution in [-0.2, 0) is 14.3 Å². The van der Waals surface area contributed by atoms with Crippen LogP contribution in [0.25, 0.3) is 5.57 Å². The minimum absolute atomic E-state index is 0.0228. The molecule has 1 saturated carbocycles. The van der Waals surface area contributed by atoms with Crippen molar-refractivity contribution in [2.45, 2.75) is 44.8 Å².